The molecule has 2 nitrogen and oxygen atoms in total. The van der Waals surface area contributed by atoms with Crippen LogP contribution in [0.2, 0.25) is 0 Å². The fraction of sp³-hybridized carbons (Fsp3) is 0.851. The number of nitrogens with zero attached hydrogens (tertiary/aromatic N) is 2. The van der Waals surface area contributed by atoms with Crippen LogP contribution in [0.4, 0.5) is 0 Å². The van der Waals surface area contributed by atoms with Crippen molar-refractivity contribution in [1.82, 2.24) is 9.80 Å². The molecule has 3 saturated carbocycles. The summed E-state index contributed by atoms with van der Waals surface area (Å²) in [6.07, 6.45) is 65.3. The molecular weight excluding hydrogens is 833 g/mol. The predicted octanol–water partition coefficient (Wildman–Crippen LogP) is 20.4. The summed E-state index contributed by atoms with van der Waals surface area (Å²) in [5, 5.41) is 0. The van der Waals surface area contributed by atoms with E-state index in [1.54, 1.807) is 0 Å². The van der Waals surface area contributed by atoms with E-state index in [0.29, 0.717) is 16.9 Å². The van der Waals surface area contributed by atoms with Gasteiger partial charge in [0, 0.05) is 24.8 Å². The molecule has 6 aliphatic rings. The monoisotopic (exact) mass is 949 g/mol. The van der Waals surface area contributed by atoms with Crippen LogP contribution < -0.4 is 0 Å². The number of allylic oxidation sites excluding steroid dienone is 7. The molecule has 0 bridgehead atoms. The highest BCUT2D eigenvalue weighted by Gasteiger charge is 2.58. The highest BCUT2D eigenvalue weighted by molar-refractivity contribution is 5.26. The van der Waals surface area contributed by atoms with Crippen LogP contribution in [-0.4, -0.2) is 42.0 Å². The molecule has 2 heteroatoms. The second-order valence-electron chi connectivity index (χ2n) is 26.1. The fourth-order valence-electron chi connectivity index (χ4n) is 16.2. The standard InChI is InChI=1S/C67H116N2/c1-8-9-10-11-12-13-14-15-16-17-18-19-20-21-22-23-24-28-37-58(54-68-49-32-26-33-50-68)38-29-25-27-36-56(4)65-40-34-51-69(65)57(5)52-59-45-47-67(7)61(53-59)41-43-62-63-44-42-60(39-31-30-35-55(2)3)66(63,6)48-46-64(62)67/h12-13,15-16,41,55,58-60,62-65H,4-5,8-11,14,17-40,42-54H2,1-3,6-7H3/b13-12-,16-15-. The molecule has 6 rings (SSSR count). The minimum absolute atomic E-state index is 0.456. The molecule has 2 saturated heterocycles. The summed E-state index contributed by atoms with van der Waals surface area (Å²) in [6.45, 7) is 27.5. The number of rotatable bonds is 34. The Kier molecular flexibility index (Phi) is 25.2. The van der Waals surface area contributed by atoms with Gasteiger partial charge in [-0.1, -0.05) is 186 Å². The Morgan fingerprint density at radius 3 is 2.09 bits per heavy atom. The first kappa shape index (κ1) is 56.8. The third-order valence-electron chi connectivity index (χ3n) is 20.5. The van der Waals surface area contributed by atoms with Gasteiger partial charge in [0.05, 0.1) is 0 Å². The second-order valence-corrected chi connectivity index (χ2v) is 26.1. The van der Waals surface area contributed by atoms with Crippen LogP contribution in [0, 0.1) is 52.3 Å². The van der Waals surface area contributed by atoms with Crippen molar-refractivity contribution in [3.63, 3.8) is 0 Å². The van der Waals surface area contributed by atoms with Crippen molar-refractivity contribution >= 4 is 0 Å². The second kappa shape index (κ2) is 30.6. The number of hydrogen-bond acceptors (Lipinski definition) is 2. The SMILES string of the molecule is C=C(CCCCCC(CCCCCCCCCC/C=C\C/C=C\CCCCC)CN1CCCCC1)C1CCCN1C(=C)CC1CCC2(C)C(=CCC3C2CCC2(C)C(CCCCC(C)C)CCC32)C1. The number of fused-ring (bicyclic) bond motifs is 5. The van der Waals surface area contributed by atoms with Crippen molar-refractivity contribution in [2.24, 2.45) is 52.3 Å². The fourth-order valence-corrected chi connectivity index (χ4v) is 16.2. The Bertz CT molecular complexity index is 1540. The quantitative estimate of drug-likeness (QED) is 0.0468. The lowest BCUT2D eigenvalue weighted by Gasteiger charge is -2.58. The molecule has 0 aromatic rings. The average molecular weight is 950 g/mol. The zero-order valence-corrected chi connectivity index (χ0v) is 47.0. The Hall–Kier alpha value is -1.54. The molecule has 394 valence electrons. The van der Waals surface area contributed by atoms with Crippen LogP contribution in [0.5, 0.6) is 0 Å². The van der Waals surface area contributed by atoms with Crippen LogP contribution in [-0.2, 0) is 0 Å². The van der Waals surface area contributed by atoms with Gasteiger partial charge in [0.1, 0.15) is 0 Å². The molecule has 0 aromatic carbocycles. The highest BCUT2D eigenvalue weighted by atomic mass is 15.2. The lowest BCUT2D eigenvalue weighted by molar-refractivity contribution is -0.0457. The summed E-state index contributed by atoms with van der Waals surface area (Å²) in [5.74, 6) is 6.39. The van der Waals surface area contributed by atoms with Crippen molar-refractivity contribution in [3.8, 4) is 0 Å². The molecule has 0 radical (unpaired) electrons. The summed E-state index contributed by atoms with van der Waals surface area (Å²) in [7, 11) is 0. The molecule has 5 fully saturated rings. The molecule has 0 amide bonds. The molecule has 0 spiro atoms. The molecule has 4 aliphatic carbocycles. The van der Waals surface area contributed by atoms with E-state index in [1.165, 1.54) is 275 Å². The van der Waals surface area contributed by atoms with Gasteiger partial charge in [0.25, 0.3) is 0 Å². The minimum atomic E-state index is 0.456. The summed E-state index contributed by atoms with van der Waals surface area (Å²) < 4.78 is 0. The zero-order chi connectivity index (χ0) is 48.7. The van der Waals surface area contributed by atoms with E-state index in [0.717, 1.165) is 47.8 Å². The molecule has 9 atom stereocenters. The molecule has 0 N–H and O–H groups in total. The van der Waals surface area contributed by atoms with Crippen molar-refractivity contribution < 1.29 is 0 Å². The topological polar surface area (TPSA) is 6.48 Å². The molecular formula is C67H116N2. The van der Waals surface area contributed by atoms with Crippen LogP contribution >= 0.6 is 0 Å². The summed E-state index contributed by atoms with van der Waals surface area (Å²) in [6, 6.07) is 0.536. The summed E-state index contributed by atoms with van der Waals surface area (Å²) in [4.78, 5) is 5.57. The van der Waals surface area contributed by atoms with E-state index < -0.39 is 0 Å². The molecule has 0 aromatic heterocycles. The first-order chi connectivity index (χ1) is 33.6. The van der Waals surface area contributed by atoms with Gasteiger partial charge >= 0.3 is 0 Å². The lowest BCUT2D eigenvalue weighted by atomic mass is 9.46. The first-order valence-electron chi connectivity index (χ1n) is 31.5. The number of piperidine rings is 1. The Morgan fingerprint density at radius 1 is 0.681 bits per heavy atom. The van der Waals surface area contributed by atoms with Crippen molar-refractivity contribution in [1.29, 1.82) is 0 Å². The maximum atomic E-state index is 4.85. The van der Waals surface area contributed by atoms with Gasteiger partial charge in [-0.25, -0.2) is 0 Å². The Morgan fingerprint density at radius 2 is 1.36 bits per heavy atom. The maximum Gasteiger partial charge on any atom is 0.0497 e. The van der Waals surface area contributed by atoms with E-state index in [-0.39, 0.29) is 0 Å². The Labute approximate surface area is 431 Å². The van der Waals surface area contributed by atoms with Crippen LogP contribution in [0.15, 0.2) is 60.4 Å². The molecule has 9 unspecified atom stereocenters. The van der Waals surface area contributed by atoms with Crippen molar-refractivity contribution in [2.45, 2.75) is 285 Å². The van der Waals surface area contributed by atoms with Crippen LogP contribution in [0.25, 0.3) is 0 Å². The summed E-state index contributed by atoms with van der Waals surface area (Å²) >= 11 is 0. The van der Waals surface area contributed by atoms with E-state index in [1.807, 2.05) is 5.57 Å². The smallest absolute Gasteiger partial charge is 0.0497 e. The number of likely N-dealkylation sites (tertiary alicyclic amines) is 2. The van der Waals surface area contributed by atoms with Crippen LogP contribution in [0.1, 0.15) is 279 Å². The van der Waals surface area contributed by atoms with E-state index >= 15 is 0 Å². The number of unbranched alkanes of at least 4 members (excludes halogenated alkanes) is 14. The minimum Gasteiger partial charge on any atom is -0.369 e. The van der Waals surface area contributed by atoms with Crippen molar-refractivity contribution in [2.75, 3.05) is 26.2 Å². The van der Waals surface area contributed by atoms with Gasteiger partial charge in [-0.15, -0.1) is 0 Å². The van der Waals surface area contributed by atoms with E-state index in [9.17, 15) is 0 Å². The molecule has 69 heavy (non-hydrogen) atoms. The van der Waals surface area contributed by atoms with Gasteiger partial charge in [0.15, 0.2) is 0 Å². The third-order valence-corrected chi connectivity index (χ3v) is 20.5. The van der Waals surface area contributed by atoms with E-state index in [4.69, 9.17) is 13.2 Å². The molecule has 2 heterocycles. The first-order valence-corrected chi connectivity index (χ1v) is 31.5. The molecule has 2 aliphatic heterocycles. The zero-order valence-electron chi connectivity index (χ0n) is 47.0. The van der Waals surface area contributed by atoms with Gasteiger partial charge in [0.2, 0.25) is 0 Å². The normalized spacial score (nSPS) is 30.0. The van der Waals surface area contributed by atoms with Gasteiger partial charge in [-0.2, -0.15) is 0 Å². The van der Waals surface area contributed by atoms with Crippen molar-refractivity contribution in [3.05, 3.63) is 60.4 Å². The third kappa shape index (κ3) is 17.5. The van der Waals surface area contributed by atoms with Gasteiger partial charge in [-0.3, -0.25) is 0 Å². The lowest BCUT2D eigenvalue weighted by Crippen LogP contribution is -2.50. The number of hydrogen-bond donors (Lipinski definition) is 0. The van der Waals surface area contributed by atoms with Crippen LogP contribution in [0.3, 0.4) is 0 Å². The maximum absolute atomic E-state index is 4.85. The van der Waals surface area contributed by atoms with Gasteiger partial charge in [-0.05, 0) is 213 Å². The summed E-state index contributed by atoms with van der Waals surface area (Å²) in [5.41, 5.74) is 5.89. The largest absolute Gasteiger partial charge is 0.369 e. The Balaban J connectivity index is 0.845. The predicted molar refractivity (Wildman–Crippen MR) is 305 cm³/mol. The highest BCUT2D eigenvalue weighted by Crippen LogP contribution is 2.67. The van der Waals surface area contributed by atoms with E-state index in [2.05, 4.69) is 74.8 Å². The average Bonchev–Trinajstić information content (AvgIpc) is 3.98. The van der Waals surface area contributed by atoms with Gasteiger partial charge < -0.3 is 9.80 Å².